The van der Waals surface area contributed by atoms with E-state index >= 15 is 0 Å². The summed E-state index contributed by atoms with van der Waals surface area (Å²) in [7, 11) is 1.60. The van der Waals surface area contributed by atoms with Crippen LogP contribution in [0.4, 0.5) is 8.78 Å². The van der Waals surface area contributed by atoms with Gasteiger partial charge in [0.1, 0.15) is 5.75 Å². The number of nitrogens with one attached hydrogen (secondary N) is 2. The SMILES string of the molecule is COc1cccc(SCC(=O)NC2CNCCC2c2ccc(F)c(F)c2)c1. The van der Waals surface area contributed by atoms with E-state index < -0.39 is 11.6 Å². The van der Waals surface area contributed by atoms with Crippen LogP contribution in [0.3, 0.4) is 0 Å². The summed E-state index contributed by atoms with van der Waals surface area (Å²) in [5.41, 5.74) is 0.709. The average molecular weight is 392 g/mol. The van der Waals surface area contributed by atoms with Crippen LogP contribution in [-0.2, 0) is 4.79 Å². The Balaban J connectivity index is 1.61. The van der Waals surface area contributed by atoms with Gasteiger partial charge in [-0.25, -0.2) is 8.78 Å². The van der Waals surface area contributed by atoms with E-state index in [2.05, 4.69) is 10.6 Å². The summed E-state index contributed by atoms with van der Waals surface area (Å²) >= 11 is 1.43. The molecule has 2 unspecified atom stereocenters. The molecule has 1 fully saturated rings. The molecule has 3 rings (SSSR count). The minimum absolute atomic E-state index is 0.0490. The third-order valence-electron chi connectivity index (χ3n) is 4.61. The van der Waals surface area contributed by atoms with Gasteiger partial charge in [-0.05, 0) is 48.9 Å². The molecular formula is C20H22F2N2O2S. The van der Waals surface area contributed by atoms with Gasteiger partial charge >= 0.3 is 0 Å². The minimum atomic E-state index is -0.858. The molecule has 7 heteroatoms. The Kier molecular flexibility index (Phi) is 6.68. The number of methoxy groups -OCH3 is 1. The van der Waals surface area contributed by atoms with Gasteiger partial charge in [0.2, 0.25) is 5.91 Å². The van der Waals surface area contributed by atoms with Crippen molar-refractivity contribution in [1.29, 1.82) is 0 Å². The zero-order valence-corrected chi connectivity index (χ0v) is 15.8. The number of piperidine rings is 1. The van der Waals surface area contributed by atoms with Crippen molar-refractivity contribution in [2.75, 3.05) is 26.0 Å². The molecule has 0 spiro atoms. The molecule has 1 amide bonds. The number of halogens is 2. The molecule has 2 aromatic carbocycles. The van der Waals surface area contributed by atoms with Gasteiger partial charge < -0.3 is 15.4 Å². The maximum absolute atomic E-state index is 13.6. The predicted octanol–water partition coefficient (Wildman–Crippen LogP) is 3.33. The first-order valence-corrected chi connectivity index (χ1v) is 9.77. The number of amides is 1. The molecule has 2 N–H and O–H groups in total. The van der Waals surface area contributed by atoms with Gasteiger partial charge in [0.15, 0.2) is 11.6 Å². The quantitative estimate of drug-likeness (QED) is 0.741. The Bertz CT molecular complexity index is 803. The standard InChI is InChI=1S/C20H22F2N2O2S/c1-26-14-3-2-4-15(10-14)27-12-20(25)24-19-11-23-8-7-16(19)13-5-6-17(21)18(22)9-13/h2-6,9-10,16,19,23H,7-8,11-12H2,1H3,(H,24,25). The van der Waals surface area contributed by atoms with Crippen LogP contribution in [0, 0.1) is 11.6 Å². The van der Waals surface area contributed by atoms with E-state index in [-0.39, 0.29) is 23.6 Å². The Morgan fingerprint density at radius 2 is 2.11 bits per heavy atom. The van der Waals surface area contributed by atoms with Gasteiger partial charge in [-0.15, -0.1) is 11.8 Å². The van der Waals surface area contributed by atoms with Crippen molar-refractivity contribution in [2.45, 2.75) is 23.3 Å². The van der Waals surface area contributed by atoms with E-state index in [9.17, 15) is 13.6 Å². The smallest absolute Gasteiger partial charge is 0.230 e. The molecule has 0 aliphatic carbocycles. The molecule has 2 aromatic rings. The van der Waals surface area contributed by atoms with Crippen LogP contribution in [0.2, 0.25) is 0 Å². The number of carbonyl (C=O) groups excluding carboxylic acids is 1. The first-order chi connectivity index (χ1) is 13.1. The molecule has 0 radical (unpaired) electrons. The Hall–Kier alpha value is -2.12. The third kappa shape index (κ3) is 5.20. The molecule has 1 aliphatic heterocycles. The number of ether oxygens (including phenoxy) is 1. The predicted molar refractivity (Wildman–Crippen MR) is 102 cm³/mol. The van der Waals surface area contributed by atoms with Crippen molar-refractivity contribution < 1.29 is 18.3 Å². The molecule has 2 atom stereocenters. The first kappa shape index (κ1) is 19.6. The highest BCUT2D eigenvalue weighted by molar-refractivity contribution is 8.00. The van der Waals surface area contributed by atoms with Crippen LogP contribution in [0.5, 0.6) is 5.75 Å². The second-order valence-corrected chi connectivity index (χ2v) is 7.46. The molecule has 27 heavy (non-hydrogen) atoms. The Labute approximate surface area is 161 Å². The van der Waals surface area contributed by atoms with Crippen LogP contribution >= 0.6 is 11.8 Å². The van der Waals surface area contributed by atoms with E-state index in [1.54, 1.807) is 13.2 Å². The second-order valence-electron chi connectivity index (χ2n) is 6.41. The topological polar surface area (TPSA) is 50.4 Å². The van der Waals surface area contributed by atoms with E-state index in [1.807, 2.05) is 24.3 Å². The van der Waals surface area contributed by atoms with E-state index in [1.165, 1.54) is 17.8 Å². The summed E-state index contributed by atoms with van der Waals surface area (Å²) in [5.74, 6) is -0.840. The van der Waals surface area contributed by atoms with Gasteiger partial charge in [0, 0.05) is 23.4 Å². The van der Waals surface area contributed by atoms with Gasteiger partial charge in [-0.3, -0.25) is 4.79 Å². The summed E-state index contributed by atoms with van der Waals surface area (Å²) in [5, 5.41) is 6.28. The number of thioether (sulfide) groups is 1. The minimum Gasteiger partial charge on any atom is -0.497 e. The van der Waals surface area contributed by atoms with Gasteiger partial charge in [-0.2, -0.15) is 0 Å². The fourth-order valence-electron chi connectivity index (χ4n) is 3.24. The normalized spacial score (nSPS) is 19.5. The molecule has 4 nitrogen and oxygen atoms in total. The maximum Gasteiger partial charge on any atom is 0.230 e. The van der Waals surface area contributed by atoms with Crippen LogP contribution in [0.15, 0.2) is 47.4 Å². The number of rotatable bonds is 6. The number of carbonyl (C=O) groups is 1. The maximum atomic E-state index is 13.6. The number of hydrogen-bond donors (Lipinski definition) is 2. The highest BCUT2D eigenvalue weighted by Gasteiger charge is 2.28. The van der Waals surface area contributed by atoms with Gasteiger partial charge in [-0.1, -0.05) is 12.1 Å². The molecule has 0 aromatic heterocycles. The lowest BCUT2D eigenvalue weighted by molar-refractivity contribution is -0.119. The molecule has 144 valence electrons. The zero-order valence-electron chi connectivity index (χ0n) is 15.0. The van der Waals surface area contributed by atoms with Crippen molar-refractivity contribution in [2.24, 2.45) is 0 Å². The van der Waals surface area contributed by atoms with Crippen molar-refractivity contribution >= 4 is 17.7 Å². The van der Waals surface area contributed by atoms with Crippen LogP contribution in [-0.4, -0.2) is 37.9 Å². The van der Waals surface area contributed by atoms with E-state index in [4.69, 9.17) is 4.74 Å². The van der Waals surface area contributed by atoms with Crippen LogP contribution in [0.25, 0.3) is 0 Å². The molecule has 1 saturated heterocycles. The summed E-state index contributed by atoms with van der Waals surface area (Å²) in [4.78, 5) is 13.4. The van der Waals surface area contributed by atoms with Gasteiger partial charge in [0.05, 0.1) is 12.9 Å². The Morgan fingerprint density at radius 3 is 2.89 bits per heavy atom. The van der Waals surface area contributed by atoms with Gasteiger partial charge in [0.25, 0.3) is 0 Å². The summed E-state index contributed by atoms with van der Waals surface area (Å²) in [6, 6.07) is 11.3. The zero-order chi connectivity index (χ0) is 19.2. The fraction of sp³-hybridized carbons (Fsp3) is 0.350. The Morgan fingerprint density at radius 1 is 1.26 bits per heavy atom. The highest BCUT2D eigenvalue weighted by Crippen LogP contribution is 2.27. The van der Waals surface area contributed by atoms with Crippen molar-refractivity contribution in [3.8, 4) is 5.75 Å². The molecular weight excluding hydrogens is 370 g/mol. The first-order valence-electron chi connectivity index (χ1n) is 8.78. The van der Waals surface area contributed by atoms with E-state index in [0.717, 1.165) is 29.7 Å². The lowest BCUT2D eigenvalue weighted by Gasteiger charge is -2.33. The average Bonchev–Trinajstić information content (AvgIpc) is 2.69. The lowest BCUT2D eigenvalue weighted by Crippen LogP contribution is -2.50. The van der Waals surface area contributed by atoms with Crippen molar-refractivity contribution in [3.05, 3.63) is 59.7 Å². The molecule has 1 aliphatic rings. The largest absolute Gasteiger partial charge is 0.497 e. The lowest BCUT2D eigenvalue weighted by atomic mass is 9.86. The van der Waals surface area contributed by atoms with Crippen LogP contribution < -0.4 is 15.4 Å². The summed E-state index contributed by atoms with van der Waals surface area (Å²) < 4.78 is 32.0. The van der Waals surface area contributed by atoms with Crippen molar-refractivity contribution in [3.63, 3.8) is 0 Å². The van der Waals surface area contributed by atoms with Crippen LogP contribution in [0.1, 0.15) is 17.9 Å². The second kappa shape index (κ2) is 9.19. The molecule has 1 heterocycles. The van der Waals surface area contributed by atoms with E-state index in [0.29, 0.717) is 12.1 Å². The number of hydrogen-bond acceptors (Lipinski definition) is 4. The monoisotopic (exact) mass is 392 g/mol. The van der Waals surface area contributed by atoms with Crippen molar-refractivity contribution in [1.82, 2.24) is 10.6 Å². The highest BCUT2D eigenvalue weighted by atomic mass is 32.2. The summed E-state index contributed by atoms with van der Waals surface area (Å²) in [6.07, 6.45) is 0.749. The summed E-state index contributed by atoms with van der Waals surface area (Å²) in [6.45, 7) is 1.37. The fourth-order valence-corrected chi connectivity index (χ4v) is 4.00. The number of benzene rings is 2. The molecule has 0 bridgehead atoms. The third-order valence-corrected chi connectivity index (χ3v) is 5.61. The molecule has 0 saturated carbocycles.